The second kappa shape index (κ2) is 43.9. The molecule has 4 saturated heterocycles. The number of rotatable bonds is 28. The largest absolute Gasteiger partial charge is 0.493 e. The third-order valence-electron chi connectivity index (χ3n) is 16.3. The Bertz CT molecular complexity index is 8530. The molecule has 4 aromatic carbocycles. The summed E-state index contributed by atoms with van der Waals surface area (Å²) in [7, 11) is -0.579. The maximum Gasteiger partial charge on any atom is 0.323 e. The summed E-state index contributed by atoms with van der Waals surface area (Å²) in [6, 6.07) is -25.3. The predicted octanol–water partition coefficient (Wildman–Crippen LogP) is 14.3. The first kappa shape index (κ1) is 28.4. The molecule has 0 aliphatic carbocycles. The quantitative estimate of drug-likeness (QED) is 0.0303. The van der Waals surface area contributed by atoms with E-state index < -0.39 is 480 Å². The van der Waals surface area contributed by atoms with Crippen LogP contribution in [0.4, 0.5) is 0 Å². The monoisotopic (exact) mass is 1780 g/mol. The number of aryl methyl sites for hydroxylation is 4. The molecule has 120 heavy (non-hydrogen) atoms. The van der Waals surface area contributed by atoms with E-state index in [2.05, 4.69) is 0 Å². The van der Waals surface area contributed by atoms with Gasteiger partial charge >= 0.3 is 23.9 Å². The lowest BCUT2D eigenvalue weighted by Gasteiger charge is -2.47. The Morgan fingerprint density at radius 1 is 0.375 bits per heavy atom. The Labute approximate surface area is 862 Å². The summed E-state index contributed by atoms with van der Waals surface area (Å²) < 4.78 is 923. The van der Waals surface area contributed by atoms with Crippen LogP contribution in [0, 0.1) is 70.7 Å². The first-order chi connectivity index (χ1) is 96.2. The van der Waals surface area contributed by atoms with Crippen LogP contribution in [-0.2, 0) is 63.6 Å². The average Bonchev–Trinajstić information content (AvgIpc) is 0.641. The van der Waals surface area contributed by atoms with Crippen molar-refractivity contribution in [2.75, 3.05) is 109 Å². The Morgan fingerprint density at radius 2 is 0.633 bits per heavy atom. The molecule has 24 nitrogen and oxygen atoms in total. The van der Waals surface area contributed by atoms with Gasteiger partial charge in [0.25, 0.3) is 0 Å². The Balaban J connectivity index is 0.000000318. The molecule has 8 aliphatic heterocycles. The normalized spacial score (nSPS) is 54.4. The van der Waals surface area contributed by atoms with Crippen LogP contribution in [0.25, 0.3) is 0 Å². The van der Waals surface area contributed by atoms with E-state index in [0.717, 1.165) is 60.9 Å². The van der Waals surface area contributed by atoms with E-state index in [1.807, 2.05) is 0 Å². The zero-order valence-electron chi connectivity index (χ0n) is 167. The number of methoxy groups -OCH3 is 8. The Hall–Kier alpha value is -7.16. The highest BCUT2D eigenvalue weighted by Crippen LogP contribution is 2.50. The van der Waals surface area contributed by atoms with Gasteiger partial charge in [0, 0.05) is 246 Å². The van der Waals surface area contributed by atoms with Crippen molar-refractivity contribution in [3.63, 3.8) is 0 Å². The molecule has 24 heteroatoms. The van der Waals surface area contributed by atoms with E-state index in [0.29, 0.717) is 37.3 Å². The van der Waals surface area contributed by atoms with E-state index >= 15 is 0 Å². The number of carbonyl (C=O) groups excluding carboxylic acids is 4. The molecule has 672 valence electrons. The molecule has 0 bridgehead atoms. The van der Waals surface area contributed by atoms with Crippen molar-refractivity contribution >= 4 is 23.9 Å². The van der Waals surface area contributed by atoms with Gasteiger partial charge < -0.3 is 79.8 Å². The highest BCUT2D eigenvalue weighted by atomic mass is 16.6. The highest BCUT2D eigenvalue weighted by Gasteiger charge is 2.47. The van der Waals surface area contributed by atoms with E-state index in [-0.39, 0.29) is 42.9 Å². The Morgan fingerprint density at radius 3 is 0.925 bits per heavy atom. The minimum Gasteiger partial charge on any atom is -0.493 e. The summed E-state index contributed by atoms with van der Waals surface area (Å²) >= 11 is 0. The van der Waals surface area contributed by atoms with Gasteiger partial charge in [0.2, 0.25) is 0 Å². The van der Waals surface area contributed by atoms with E-state index in [9.17, 15) is 52.1 Å². The summed E-state index contributed by atoms with van der Waals surface area (Å²) in [6.07, 6.45) is -68.4. The summed E-state index contributed by atoms with van der Waals surface area (Å²) in [5.41, 5.74) is 14.8. The number of piperidine rings is 4. The minimum atomic E-state index is -4.93. The summed E-state index contributed by atoms with van der Waals surface area (Å²) in [6.45, 7) is -82.9. The van der Waals surface area contributed by atoms with Crippen LogP contribution in [-0.4, -0.2) is 201 Å². The first-order valence-corrected chi connectivity index (χ1v) is 33.8. The van der Waals surface area contributed by atoms with Crippen LogP contribution in [0.3, 0.4) is 0 Å². The molecule has 16 unspecified atom stereocenters. The summed E-state index contributed by atoms with van der Waals surface area (Å²) in [4.78, 5) is 54.0. The van der Waals surface area contributed by atoms with E-state index in [1.54, 1.807) is 0 Å². The highest BCUT2D eigenvalue weighted by molar-refractivity contribution is 5.77. The molecule has 0 radical (unpaired) electrons. The predicted molar refractivity (Wildman–Crippen MR) is 471 cm³/mol. The fraction of sp³-hybridized carbons (Fsp3) is 0.708. The van der Waals surface area contributed by atoms with E-state index in [1.165, 1.54) is 0 Å². The van der Waals surface area contributed by atoms with Gasteiger partial charge in [-0.1, -0.05) is 110 Å². The molecule has 0 spiro atoms. The van der Waals surface area contributed by atoms with Crippen molar-refractivity contribution in [1.82, 2.24) is 19.6 Å². The van der Waals surface area contributed by atoms with Gasteiger partial charge in [0.15, 0.2) is 46.0 Å². The summed E-state index contributed by atoms with van der Waals surface area (Å²) in [5, 5.41) is 0. The van der Waals surface area contributed by atoms with Crippen LogP contribution >= 0.6 is 0 Å². The zero-order valence-corrected chi connectivity index (χ0v) is 64.6. The van der Waals surface area contributed by atoms with Gasteiger partial charge in [-0.05, 0) is 191 Å². The summed E-state index contributed by atoms with van der Waals surface area (Å²) in [5.74, 6) is -68.3. The number of esters is 4. The molecule has 8 aliphatic rings. The number of hydrogen-bond acceptors (Lipinski definition) is 24. The molecule has 12 rings (SSSR count). The number of nitrogens with two attached hydrogens (primary N) is 4. The van der Waals surface area contributed by atoms with E-state index in [4.69, 9.17) is 187 Å². The molecule has 4 aromatic rings. The number of carbonyl (C=O) groups is 4. The van der Waals surface area contributed by atoms with Gasteiger partial charge in [-0.15, -0.1) is 0 Å². The average molecular weight is 1780 g/mol. The number of nitrogens with zero attached hydrogens (tertiary/aromatic N) is 4. The third kappa shape index (κ3) is 23.8. The van der Waals surface area contributed by atoms with Crippen molar-refractivity contribution in [2.24, 2.45) is 93.7 Å². The minimum absolute atomic E-state index is 0.225. The SMILES string of the molecule is [2H]C([2H])([2H])C([2H])(C)C([2H])([2H])C1([2H])C(OC(=O)[C@@]([2H])(N)C([2H])(C([2H])([2H])[2H])C([2H])([2H])[2H])C([2H])([2H])C2([2H])c3cc(OC)c(OC)cc3C([2H])([2H])C([2H])([2H])N2C1([2H])[2H].[2H]C([2H])([2H])C([2H])(C)C([2H])([2H])C1([2H])C([2H])([2H])N2C(c3cc(OC)c(OC)cc3C([2H])([2H])C2([2H])[2H])C([2H])([2H])C1([2H])OC(=O)[C@@]([2H])(N)C([2H])(C([2H])([2H])[2H])C([2H])([2H])[2H].[2H]C([2H])([2H])Oc1cc2c(cc1OC)C1N(C([2H])([2H])C2([2H])[2H])C([2H])([2H])C([2H])(C([2H])([2H])C([2H])(C)C([2H])([2H])[2H])C([2H])(OC(=O)[C@@]([2H])(N)C([2H])(C([2H])([2H])[2H])C([2H])([2H])[2H])C1([2H])[2H].[2H]C([2H])([2H])Oc1cc2c(cc1OC)C1N(C([2H])([2H])C2([2H])[2H])C([2H])([2H])C([2H])(C([2H])([2H])C([2H])(C)C([2H])([2H])[2H])C([2H])(OC(=O)[C@@]([2H])(N)C([2H])(C([2H])([2H])[2H])C([2H])([2H])[2H])C1([2H])[2H]. The number of hydrogen-bond donors (Lipinski definition) is 4. The van der Waals surface area contributed by atoms with Crippen molar-refractivity contribution in [3.8, 4) is 46.0 Å². The van der Waals surface area contributed by atoms with Gasteiger partial charge in [0.05, 0.1) is 75.9 Å². The van der Waals surface area contributed by atoms with Gasteiger partial charge in [-0.2, -0.15) is 0 Å². The number of benzene rings is 4. The smallest absolute Gasteiger partial charge is 0.323 e. The standard InChI is InChI=1S/4C24H38N2O4/c4*1-14(2)9-17-13-26-8-7-16-10-21(28-5)22(29-6)11-18(16)19(26)12-20(17)30-24(27)23(25)15(3)4/h4*10-11,14-15,17,19-20,23H,7-9,12-13,25H2,1-6H3/t4*17?,19?,20?,23-/m0000/s1/i2*1D3,3D3,4D3,5D3,7D2,8D2,9D2,12D2,13D2,14D,15D,17D,20D,23D;1D3,3D3,4D3,7D2,8D2,9D2,12D2,13D2,14D,15D,17D,20D,23D;1D3,3D3,4D3,7D2,8D2,9D2,12D2,13D2,14D,15D,17D,19D,23D/t4*14?,17?,19?,20?,23-. The van der Waals surface area contributed by atoms with Crippen LogP contribution in [0.1, 0.15) is 369 Å². The van der Waals surface area contributed by atoms with Crippen LogP contribution in [0.15, 0.2) is 48.5 Å². The zero-order chi connectivity index (χ0) is 177. The molecule has 0 saturated carbocycles. The molecular weight excluding hydrogens is 1520 g/mol. The lowest BCUT2D eigenvalue weighted by molar-refractivity contribution is -0.161. The lowest BCUT2D eigenvalue weighted by Crippen LogP contribution is -2.51. The fourth-order valence-electron chi connectivity index (χ4n) is 10.8. The van der Waals surface area contributed by atoms with Crippen LogP contribution in [0.5, 0.6) is 46.0 Å². The number of fused-ring (bicyclic) bond motifs is 12. The topological polar surface area (TPSA) is 296 Å². The number of ether oxygens (including phenoxy) is 12. The van der Waals surface area contributed by atoms with Crippen LogP contribution in [0.2, 0.25) is 0 Å². The van der Waals surface area contributed by atoms with Gasteiger partial charge in [0.1, 0.15) is 48.4 Å². The maximum absolute atomic E-state index is 14.0. The molecule has 0 amide bonds. The molecule has 20 atom stereocenters. The molecule has 0 aromatic heterocycles. The van der Waals surface area contributed by atoms with Crippen molar-refractivity contribution in [3.05, 3.63) is 93.0 Å². The van der Waals surface area contributed by atoms with Crippen molar-refractivity contribution in [2.45, 2.75) is 259 Å². The molecule has 8 N–H and O–H groups in total. The fourth-order valence-corrected chi connectivity index (χ4v) is 10.8. The lowest BCUT2D eigenvalue weighted by atomic mass is 9.79. The maximum atomic E-state index is 14.0. The Kier molecular flexibility index (Phi) is 10.4. The second-order valence-corrected chi connectivity index (χ2v) is 24.5. The van der Waals surface area contributed by atoms with Crippen molar-refractivity contribution in [1.29, 1.82) is 0 Å². The second-order valence-electron chi connectivity index (χ2n) is 24.5. The van der Waals surface area contributed by atoms with Crippen LogP contribution < -0.4 is 60.8 Å². The molecular formula is C96H152N8O16. The molecule has 4 fully saturated rings. The molecule has 8 heterocycles. The van der Waals surface area contributed by atoms with Gasteiger partial charge in [-0.25, -0.2) is 0 Å². The van der Waals surface area contributed by atoms with Crippen molar-refractivity contribution < 1.29 is 216 Å². The van der Waals surface area contributed by atoms with Gasteiger partial charge in [-0.3, -0.25) is 38.8 Å². The first-order valence-electron chi connectivity index (χ1n) is 84.8. The third-order valence-corrected chi connectivity index (χ3v) is 16.3.